The molecule has 0 saturated heterocycles. The lowest BCUT2D eigenvalue weighted by Crippen LogP contribution is -2.17. The van der Waals surface area contributed by atoms with Crippen LogP contribution in [-0.4, -0.2) is 5.97 Å². The van der Waals surface area contributed by atoms with Crippen LogP contribution in [0.3, 0.4) is 0 Å². The summed E-state index contributed by atoms with van der Waals surface area (Å²) in [6.45, 7) is 6.04. The third kappa shape index (κ3) is 4.91. The minimum Gasteiger partial charge on any atom is -0.458 e. The first-order valence-electron chi connectivity index (χ1n) is 6.90. The lowest BCUT2D eigenvalue weighted by molar-refractivity contribution is -0.153. The molecule has 2 nitrogen and oxygen atoms in total. The SMILES string of the molecule is CCCCCC(C)C(=O)OC(C)c1ccccc1. The van der Waals surface area contributed by atoms with Crippen molar-refractivity contribution in [3.05, 3.63) is 35.9 Å². The van der Waals surface area contributed by atoms with Gasteiger partial charge in [-0.15, -0.1) is 0 Å². The number of hydrogen-bond acceptors (Lipinski definition) is 2. The summed E-state index contributed by atoms with van der Waals surface area (Å²) in [4.78, 5) is 11.9. The third-order valence-electron chi connectivity index (χ3n) is 3.20. The Labute approximate surface area is 110 Å². The average molecular weight is 248 g/mol. The van der Waals surface area contributed by atoms with Gasteiger partial charge in [-0.05, 0) is 18.9 Å². The molecule has 1 aromatic carbocycles. The number of rotatable bonds is 7. The molecule has 0 bridgehead atoms. The van der Waals surface area contributed by atoms with Crippen LogP contribution in [0.15, 0.2) is 30.3 Å². The third-order valence-corrected chi connectivity index (χ3v) is 3.20. The van der Waals surface area contributed by atoms with Crippen LogP contribution in [0.5, 0.6) is 0 Å². The molecule has 0 fully saturated rings. The summed E-state index contributed by atoms with van der Waals surface area (Å²) in [5.41, 5.74) is 1.05. The van der Waals surface area contributed by atoms with Gasteiger partial charge in [0.1, 0.15) is 6.10 Å². The molecule has 2 unspecified atom stereocenters. The van der Waals surface area contributed by atoms with Gasteiger partial charge in [-0.2, -0.15) is 0 Å². The van der Waals surface area contributed by atoms with Crippen molar-refractivity contribution in [1.29, 1.82) is 0 Å². The summed E-state index contributed by atoms with van der Waals surface area (Å²) in [5, 5.41) is 0. The molecule has 18 heavy (non-hydrogen) atoms. The van der Waals surface area contributed by atoms with E-state index in [1.165, 1.54) is 12.8 Å². The van der Waals surface area contributed by atoms with Crippen LogP contribution >= 0.6 is 0 Å². The first-order chi connectivity index (χ1) is 8.65. The summed E-state index contributed by atoms with van der Waals surface area (Å²) in [6.07, 6.45) is 4.24. The van der Waals surface area contributed by atoms with Gasteiger partial charge in [0.15, 0.2) is 0 Å². The molecule has 0 amide bonds. The van der Waals surface area contributed by atoms with E-state index < -0.39 is 0 Å². The van der Waals surface area contributed by atoms with Crippen molar-refractivity contribution in [3.63, 3.8) is 0 Å². The van der Waals surface area contributed by atoms with Crippen molar-refractivity contribution < 1.29 is 9.53 Å². The summed E-state index contributed by atoms with van der Waals surface area (Å²) >= 11 is 0. The van der Waals surface area contributed by atoms with Gasteiger partial charge in [0.05, 0.1) is 5.92 Å². The molecule has 0 aromatic heterocycles. The van der Waals surface area contributed by atoms with Crippen molar-refractivity contribution >= 4 is 5.97 Å². The number of carbonyl (C=O) groups excluding carboxylic acids is 1. The van der Waals surface area contributed by atoms with E-state index in [2.05, 4.69) is 6.92 Å². The number of unbranched alkanes of at least 4 members (excludes halogenated alkanes) is 2. The predicted molar refractivity (Wildman–Crippen MR) is 74.3 cm³/mol. The molecule has 0 radical (unpaired) electrons. The zero-order valence-electron chi connectivity index (χ0n) is 11.7. The molecular formula is C16H24O2. The van der Waals surface area contributed by atoms with E-state index in [4.69, 9.17) is 4.74 Å². The van der Waals surface area contributed by atoms with Crippen LogP contribution < -0.4 is 0 Å². The van der Waals surface area contributed by atoms with Gasteiger partial charge in [-0.1, -0.05) is 63.4 Å². The molecule has 0 aliphatic rings. The number of hydrogen-bond donors (Lipinski definition) is 0. The molecule has 2 heteroatoms. The second kappa shape index (κ2) is 7.91. The molecule has 0 N–H and O–H groups in total. The summed E-state index contributed by atoms with van der Waals surface area (Å²) in [7, 11) is 0. The van der Waals surface area contributed by atoms with Crippen LogP contribution in [-0.2, 0) is 9.53 Å². The lowest BCUT2D eigenvalue weighted by Gasteiger charge is -2.17. The standard InChI is InChI=1S/C16H24O2/c1-4-5-7-10-13(2)16(17)18-14(3)15-11-8-6-9-12-15/h6,8-9,11-14H,4-5,7,10H2,1-3H3. The molecule has 1 rings (SSSR count). The number of carbonyl (C=O) groups is 1. The molecule has 0 spiro atoms. The van der Waals surface area contributed by atoms with Crippen LogP contribution in [0.2, 0.25) is 0 Å². The zero-order valence-corrected chi connectivity index (χ0v) is 11.7. The van der Waals surface area contributed by atoms with E-state index in [0.29, 0.717) is 0 Å². The highest BCUT2D eigenvalue weighted by molar-refractivity contribution is 5.72. The highest BCUT2D eigenvalue weighted by Gasteiger charge is 2.17. The fourth-order valence-electron chi connectivity index (χ4n) is 1.90. The Hall–Kier alpha value is -1.31. The Morgan fingerprint density at radius 2 is 1.83 bits per heavy atom. The molecule has 2 atom stereocenters. The number of ether oxygens (including phenoxy) is 1. The highest BCUT2D eigenvalue weighted by atomic mass is 16.5. The van der Waals surface area contributed by atoms with Crippen LogP contribution in [0, 0.1) is 5.92 Å². The smallest absolute Gasteiger partial charge is 0.309 e. The van der Waals surface area contributed by atoms with Crippen molar-refractivity contribution in [2.24, 2.45) is 5.92 Å². The fraction of sp³-hybridized carbons (Fsp3) is 0.562. The maximum Gasteiger partial charge on any atom is 0.309 e. The van der Waals surface area contributed by atoms with Crippen molar-refractivity contribution in [3.8, 4) is 0 Å². The van der Waals surface area contributed by atoms with Gasteiger partial charge in [0.2, 0.25) is 0 Å². The minimum atomic E-state index is -0.160. The second-order valence-corrected chi connectivity index (χ2v) is 4.89. The number of benzene rings is 1. The van der Waals surface area contributed by atoms with Gasteiger partial charge < -0.3 is 4.74 Å². The molecular weight excluding hydrogens is 224 g/mol. The van der Waals surface area contributed by atoms with Gasteiger partial charge in [0.25, 0.3) is 0 Å². The fourth-order valence-corrected chi connectivity index (χ4v) is 1.90. The van der Waals surface area contributed by atoms with Gasteiger partial charge in [-0.3, -0.25) is 4.79 Å². The monoisotopic (exact) mass is 248 g/mol. The summed E-state index contributed by atoms with van der Waals surface area (Å²) in [5.74, 6) is -0.0785. The topological polar surface area (TPSA) is 26.3 Å². The Balaban J connectivity index is 2.39. The maximum absolute atomic E-state index is 11.9. The summed E-state index contributed by atoms with van der Waals surface area (Å²) < 4.78 is 5.49. The van der Waals surface area contributed by atoms with E-state index in [9.17, 15) is 4.79 Å². The van der Waals surface area contributed by atoms with Crippen molar-refractivity contribution in [2.45, 2.75) is 52.6 Å². The first kappa shape index (κ1) is 14.7. The molecule has 0 aliphatic heterocycles. The Kier molecular flexibility index (Phi) is 6.48. The lowest BCUT2D eigenvalue weighted by atomic mass is 10.0. The van der Waals surface area contributed by atoms with E-state index in [-0.39, 0.29) is 18.0 Å². The van der Waals surface area contributed by atoms with Gasteiger partial charge in [0, 0.05) is 0 Å². The predicted octanol–water partition coefficient (Wildman–Crippen LogP) is 4.51. The van der Waals surface area contributed by atoms with E-state index in [1.54, 1.807) is 0 Å². The number of esters is 1. The van der Waals surface area contributed by atoms with Gasteiger partial charge >= 0.3 is 5.97 Å². The van der Waals surface area contributed by atoms with Gasteiger partial charge in [-0.25, -0.2) is 0 Å². The van der Waals surface area contributed by atoms with Crippen molar-refractivity contribution in [2.75, 3.05) is 0 Å². The van der Waals surface area contributed by atoms with Crippen LogP contribution in [0.1, 0.15) is 58.1 Å². The van der Waals surface area contributed by atoms with Crippen LogP contribution in [0.4, 0.5) is 0 Å². The quantitative estimate of drug-likeness (QED) is 0.524. The molecule has 0 heterocycles. The minimum absolute atomic E-state index is 0.00251. The average Bonchev–Trinajstić information content (AvgIpc) is 2.39. The molecule has 0 aliphatic carbocycles. The highest BCUT2D eigenvalue weighted by Crippen LogP contribution is 2.19. The second-order valence-electron chi connectivity index (χ2n) is 4.89. The molecule has 1 aromatic rings. The maximum atomic E-state index is 11.9. The molecule has 100 valence electrons. The molecule has 0 saturated carbocycles. The zero-order chi connectivity index (χ0) is 13.4. The Morgan fingerprint density at radius 1 is 1.17 bits per heavy atom. The van der Waals surface area contributed by atoms with E-state index in [0.717, 1.165) is 18.4 Å². The Morgan fingerprint density at radius 3 is 2.44 bits per heavy atom. The van der Waals surface area contributed by atoms with E-state index in [1.807, 2.05) is 44.2 Å². The normalized spacial score (nSPS) is 13.9. The van der Waals surface area contributed by atoms with E-state index >= 15 is 0 Å². The summed E-state index contributed by atoms with van der Waals surface area (Å²) in [6, 6.07) is 9.86. The first-order valence-corrected chi connectivity index (χ1v) is 6.90. The largest absolute Gasteiger partial charge is 0.458 e. The Bertz CT molecular complexity index is 345. The van der Waals surface area contributed by atoms with Crippen molar-refractivity contribution in [1.82, 2.24) is 0 Å². The van der Waals surface area contributed by atoms with Crippen LogP contribution in [0.25, 0.3) is 0 Å².